The Bertz CT molecular complexity index is 536. The molecule has 22 heavy (non-hydrogen) atoms. The van der Waals surface area contributed by atoms with Crippen LogP contribution < -0.4 is 10.4 Å². The molecule has 0 aromatic heterocycles. The van der Waals surface area contributed by atoms with E-state index in [1.165, 1.54) is 10.4 Å². The zero-order chi connectivity index (χ0) is 16.2. The highest BCUT2D eigenvalue weighted by Crippen LogP contribution is 2.36. The van der Waals surface area contributed by atoms with Crippen molar-refractivity contribution in [3.63, 3.8) is 0 Å². The number of hydrogen-bond donors (Lipinski definition) is 0. The van der Waals surface area contributed by atoms with E-state index in [-0.39, 0.29) is 10.4 Å². The van der Waals surface area contributed by atoms with Crippen LogP contribution in [0.3, 0.4) is 0 Å². The zero-order valence-corrected chi connectivity index (χ0v) is 15.6. The van der Waals surface area contributed by atoms with E-state index >= 15 is 0 Å². The SMILES string of the molecule is CC(Cl)CO[Si](c1ccccc1)(c1ccccc1)C(C)(C)C. The predicted octanol–water partition coefficient (Wildman–Crippen LogP) is 4.19. The summed E-state index contributed by atoms with van der Waals surface area (Å²) in [5.74, 6) is 0. The lowest BCUT2D eigenvalue weighted by atomic mass is 10.2. The smallest absolute Gasteiger partial charge is 0.261 e. The van der Waals surface area contributed by atoms with E-state index in [2.05, 4.69) is 81.4 Å². The van der Waals surface area contributed by atoms with Crippen LogP contribution in [0.2, 0.25) is 5.04 Å². The van der Waals surface area contributed by atoms with Crippen LogP contribution in [0.5, 0.6) is 0 Å². The van der Waals surface area contributed by atoms with Crippen molar-refractivity contribution >= 4 is 30.3 Å². The van der Waals surface area contributed by atoms with Crippen molar-refractivity contribution in [3.8, 4) is 0 Å². The lowest BCUT2D eigenvalue weighted by Crippen LogP contribution is -2.66. The Hall–Kier alpha value is -1.09. The van der Waals surface area contributed by atoms with Gasteiger partial charge in [-0.25, -0.2) is 0 Å². The maximum atomic E-state index is 6.63. The number of hydrogen-bond acceptors (Lipinski definition) is 1. The van der Waals surface area contributed by atoms with Gasteiger partial charge >= 0.3 is 0 Å². The standard InChI is InChI=1S/C19H25ClOSi/c1-16(20)15-21-22(19(2,3)4,17-11-7-5-8-12-17)18-13-9-6-10-14-18/h5-14,16H,15H2,1-4H3. The Balaban J connectivity index is 2.64. The highest BCUT2D eigenvalue weighted by atomic mass is 35.5. The van der Waals surface area contributed by atoms with Crippen molar-refractivity contribution < 1.29 is 4.43 Å². The lowest BCUT2D eigenvalue weighted by Gasteiger charge is -2.43. The number of rotatable bonds is 5. The van der Waals surface area contributed by atoms with Crippen molar-refractivity contribution in [1.29, 1.82) is 0 Å². The number of benzene rings is 2. The van der Waals surface area contributed by atoms with Crippen LogP contribution in [0.15, 0.2) is 60.7 Å². The third kappa shape index (κ3) is 3.45. The van der Waals surface area contributed by atoms with E-state index in [4.69, 9.17) is 16.0 Å². The Labute approximate surface area is 140 Å². The molecule has 3 heteroatoms. The van der Waals surface area contributed by atoms with Crippen molar-refractivity contribution in [3.05, 3.63) is 60.7 Å². The summed E-state index contributed by atoms with van der Waals surface area (Å²) in [6, 6.07) is 21.3. The molecular formula is C19H25ClOSi. The Morgan fingerprint density at radius 1 is 0.909 bits per heavy atom. The molecule has 0 spiro atoms. The van der Waals surface area contributed by atoms with E-state index in [0.717, 1.165) is 0 Å². The highest BCUT2D eigenvalue weighted by Gasteiger charge is 2.50. The third-order valence-corrected chi connectivity index (χ3v) is 9.08. The molecule has 0 N–H and O–H groups in total. The second kappa shape index (κ2) is 6.99. The van der Waals surface area contributed by atoms with E-state index in [1.54, 1.807) is 0 Å². The lowest BCUT2D eigenvalue weighted by molar-refractivity contribution is 0.300. The van der Waals surface area contributed by atoms with E-state index in [1.807, 2.05) is 6.92 Å². The fraction of sp³-hybridized carbons (Fsp3) is 0.368. The van der Waals surface area contributed by atoms with Crippen molar-refractivity contribution in [2.75, 3.05) is 6.61 Å². The number of halogens is 1. The summed E-state index contributed by atoms with van der Waals surface area (Å²) in [4.78, 5) is 0. The van der Waals surface area contributed by atoms with Crippen LogP contribution in [0.4, 0.5) is 0 Å². The summed E-state index contributed by atoms with van der Waals surface area (Å²) in [6.45, 7) is 9.38. The summed E-state index contributed by atoms with van der Waals surface area (Å²) in [5, 5.41) is 2.61. The first-order valence-corrected chi connectivity index (χ1v) is 10.1. The molecule has 0 radical (unpaired) electrons. The largest absolute Gasteiger partial charge is 0.406 e. The predicted molar refractivity (Wildman–Crippen MR) is 98.9 cm³/mol. The van der Waals surface area contributed by atoms with Gasteiger partial charge in [0.25, 0.3) is 8.32 Å². The Morgan fingerprint density at radius 2 is 1.32 bits per heavy atom. The van der Waals surface area contributed by atoms with Crippen LogP contribution in [0, 0.1) is 0 Å². The van der Waals surface area contributed by atoms with Gasteiger partial charge in [-0.3, -0.25) is 0 Å². The van der Waals surface area contributed by atoms with Gasteiger partial charge in [0, 0.05) is 0 Å². The average Bonchev–Trinajstić information content (AvgIpc) is 2.48. The fourth-order valence-corrected chi connectivity index (χ4v) is 7.83. The second-order valence-corrected chi connectivity index (χ2v) is 11.8. The molecular weight excluding hydrogens is 308 g/mol. The fourth-order valence-electron chi connectivity index (χ4n) is 3.00. The van der Waals surface area contributed by atoms with Crippen LogP contribution in [-0.2, 0) is 4.43 Å². The molecule has 0 saturated carbocycles. The third-order valence-electron chi connectivity index (χ3n) is 3.95. The van der Waals surface area contributed by atoms with Gasteiger partial charge in [0.15, 0.2) is 0 Å². The van der Waals surface area contributed by atoms with E-state index < -0.39 is 8.32 Å². The van der Waals surface area contributed by atoms with Gasteiger partial charge in [-0.05, 0) is 22.3 Å². The van der Waals surface area contributed by atoms with Gasteiger partial charge in [0.05, 0.1) is 12.0 Å². The van der Waals surface area contributed by atoms with Gasteiger partial charge < -0.3 is 4.43 Å². The quantitative estimate of drug-likeness (QED) is 0.589. The maximum Gasteiger partial charge on any atom is 0.261 e. The van der Waals surface area contributed by atoms with Crippen molar-refractivity contribution in [1.82, 2.24) is 0 Å². The minimum Gasteiger partial charge on any atom is -0.406 e. The average molecular weight is 333 g/mol. The minimum atomic E-state index is -2.40. The molecule has 118 valence electrons. The van der Waals surface area contributed by atoms with Crippen LogP contribution in [0.1, 0.15) is 27.7 Å². The molecule has 0 heterocycles. The molecule has 2 aromatic rings. The normalized spacial score (nSPS) is 13.9. The minimum absolute atomic E-state index is 0.00153. The van der Waals surface area contributed by atoms with E-state index in [9.17, 15) is 0 Å². The van der Waals surface area contributed by atoms with Gasteiger partial charge in [-0.1, -0.05) is 81.4 Å². The summed E-state index contributed by atoms with van der Waals surface area (Å²) < 4.78 is 6.63. The summed E-state index contributed by atoms with van der Waals surface area (Å²) >= 11 is 6.21. The highest BCUT2D eigenvalue weighted by molar-refractivity contribution is 6.99. The van der Waals surface area contributed by atoms with Crippen molar-refractivity contribution in [2.45, 2.75) is 38.1 Å². The Kier molecular flexibility index (Phi) is 5.49. The summed E-state index contributed by atoms with van der Waals surface area (Å²) in [5.41, 5.74) is 0. The molecule has 0 amide bonds. The molecule has 2 aromatic carbocycles. The molecule has 0 aliphatic rings. The molecule has 1 nitrogen and oxygen atoms in total. The second-order valence-electron chi connectivity index (χ2n) is 6.76. The first-order chi connectivity index (χ1) is 10.4. The monoisotopic (exact) mass is 332 g/mol. The van der Waals surface area contributed by atoms with Crippen LogP contribution >= 0.6 is 11.6 Å². The molecule has 1 atom stereocenters. The molecule has 0 saturated heterocycles. The first-order valence-electron chi connectivity index (χ1n) is 7.77. The topological polar surface area (TPSA) is 9.23 Å². The summed E-state index contributed by atoms with van der Waals surface area (Å²) in [6.07, 6.45) is 0. The van der Waals surface area contributed by atoms with Gasteiger partial charge in [0.1, 0.15) is 0 Å². The summed E-state index contributed by atoms with van der Waals surface area (Å²) in [7, 11) is -2.40. The first kappa shape index (κ1) is 17.3. The van der Waals surface area contributed by atoms with Crippen LogP contribution in [0.25, 0.3) is 0 Å². The maximum absolute atomic E-state index is 6.63. The van der Waals surface area contributed by atoms with Gasteiger partial charge in [-0.15, -0.1) is 11.6 Å². The van der Waals surface area contributed by atoms with Crippen molar-refractivity contribution in [2.24, 2.45) is 0 Å². The molecule has 2 rings (SSSR count). The molecule has 0 aliphatic heterocycles. The van der Waals surface area contributed by atoms with E-state index in [0.29, 0.717) is 6.61 Å². The zero-order valence-electron chi connectivity index (χ0n) is 13.8. The Morgan fingerprint density at radius 3 is 1.64 bits per heavy atom. The number of alkyl halides is 1. The molecule has 1 unspecified atom stereocenters. The molecule has 0 aliphatic carbocycles. The van der Waals surface area contributed by atoms with Crippen LogP contribution in [-0.4, -0.2) is 20.3 Å². The van der Waals surface area contributed by atoms with Gasteiger partial charge in [-0.2, -0.15) is 0 Å². The van der Waals surface area contributed by atoms with Gasteiger partial charge in [0.2, 0.25) is 0 Å². The molecule has 0 bridgehead atoms. The molecule has 0 fully saturated rings.